The van der Waals surface area contributed by atoms with Crippen LogP contribution in [0.15, 0.2) is 11.0 Å². The van der Waals surface area contributed by atoms with Gasteiger partial charge in [-0.3, -0.25) is 4.79 Å². The summed E-state index contributed by atoms with van der Waals surface area (Å²) >= 11 is 0. The van der Waals surface area contributed by atoms with Crippen LogP contribution in [0.5, 0.6) is 5.75 Å². The van der Waals surface area contributed by atoms with Crippen molar-refractivity contribution < 1.29 is 13.5 Å². The molecule has 0 N–H and O–H groups in total. The number of nitrogens with zero attached hydrogens (tertiary/aromatic N) is 2. The second-order valence-corrected chi connectivity index (χ2v) is 2.63. The van der Waals surface area contributed by atoms with E-state index in [-0.39, 0.29) is 11.3 Å². The monoisotopic (exact) mass is 204 g/mol. The van der Waals surface area contributed by atoms with Crippen LogP contribution in [-0.2, 0) is 6.54 Å². The van der Waals surface area contributed by atoms with E-state index in [9.17, 15) is 13.6 Å². The van der Waals surface area contributed by atoms with Gasteiger partial charge in [-0.05, 0) is 13.8 Å². The number of ether oxygens (including phenoxy) is 1. The lowest BCUT2D eigenvalue weighted by Gasteiger charge is -2.08. The lowest BCUT2D eigenvalue weighted by Crippen LogP contribution is -2.25. The van der Waals surface area contributed by atoms with Crippen LogP contribution in [0.4, 0.5) is 8.78 Å². The van der Waals surface area contributed by atoms with Crippen LogP contribution in [0.2, 0.25) is 0 Å². The van der Waals surface area contributed by atoms with E-state index in [1.54, 1.807) is 6.92 Å². The average molecular weight is 204 g/mol. The fourth-order valence-electron chi connectivity index (χ4n) is 1.01. The molecule has 78 valence electrons. The van der Waals surface area contributed by atoms with Crippen LogP contribution in [0.1, 0.15) is 12.5 Å². The molecule has 1 aromatic heterocycles. The Labute approximate surface area is 79.1 Å². The molecule has 14 heavy (non-hydrogen) atoms. The van der Waals surface area contributed by atoms with Crippen molar-refractivity contribution in [3.8, 4) is 5.75 Å². The SMILES string of the molecule is CCn1ncc(OC(F)F)c(C)c1=O. The van der Waals surface area contributed by atoms with Gasteiger partial charge in [0, 0.05) is 6.54 Å². The normalized spacial score (nSPS) is 10.6. The number of aromatic nitrogens is 2. The van der Waals surface area contributed by atoms with E-state index in [1.165, 1.54) is 11.6 Å². The van der Waals surface area contributed by atoms with Gasteiger partial charge in [0.2, 0.25) is 0 Å². The van der Waals surface area contributed by atoms with Crippen LogP contribution in [0.25, 0.3) is 0 Å². The summed E-state index contributed by atoms with van der Waals surface area (Å²) in [5.74, 6) is -0.172. The van der Waals surface area contributed by atoms with Gasteiger partial charge < -0.3 is 4.74 Å². The summed E-state index contributed by atoms with van der Waals surface area (Å²) in [5.41, 5.74) is -0.271. The van der Waals surface area contributed by atoms with Crippen molar-refractivity contribution in [2.45, 2.75) is 27.0 Å². The molecule has 4 nitrogen and oxygen atoms in total. The molecule has 1 rings (SSSR count). The molecule has 0 aromatic carbocycles. The summed E-state index contributed by atoms with van der Waals surface area (Å²) in [6.45, 7) is 0.622. The molecule has 0 bridgehead atoms. The first kappa shape index (κ1) is 10.6. The van der Waals surface area contributed by atoms with Gasteiger partial charge in [-0.2, -0.15) is 13.9 Å². The Morgan fingerprint density at radius 3 is 2.79 bits per heavy atom. The lowest BCUT2D eigenvalue weighted by molar-refractivity contribution is -0.0508. The minimum Gasteiger partial charge on any atom is -0.433 e. The molecule has 6 heteroatoms. The fourth-order valence-corrected chi connectivity index (χ4v) is 1.01. The minimum atomic E-state index is -2.94. The van der Waals surface area contributed by atoms with Gasteiger partial charge in [0.1, 0.15) is 0 Å². The van der Waals surface area contributed by atoms with E-state index in [1.807, 2.05) is 0 Å². The first-order chi connectivity index (χ1) is 6.56. The average Bonchev–Trinajstić information content (AvgIpc) is 2.13. The van der Waals surface area contributed by atoms with Crippen molar-refractivity contribution in [2.24, 2.45) is 0 Å². The molecule has 0 aliphatic carbocycles. The van der Waals surface area contributed by atoms with Gasteiger partial charge in [0.15, 0.2) is 5.75 Å². The van der Waals surface area contributed by atoms with Gasteiger partial charge >= 0.3 is 6.61 Å². The van der Waals surface area contributed by atoms with E-state index < -0.39 is 12.2 Å². The number of rotatable bonds is 3. The summed E-state index contributed by atoms with van der Waals surface area (Å²) < 4.78 is 29.0. The van der Waals surface area contributed by atoms with Gasteiger partial charge in [-0.1, -0.05) is 0 Å². The van der Waals surface area contributed by atoms with Gasteiger partial charge in [-0.25, -0.2) is 4.68 Å². The molecule has 0 atom stereocenters. The van der Waals surface area contributed by atoms with Crippen molar-refractivity contribution in [3.05, 3.63) is 22.1 Å². The predicted octanol–water partition coefficient (Wildman–Crippen LogP) is 1.17. The topological polar surface area (TPSA) is 44.1 Å². The second kappa shape index (κ2) is 4.17. The van der Waals surface area contributed by atoms with E-state index in [0.717, 1.165) is 6.20 Å². The highest BCUT2D eigenvalue weighted by Crippen LogP contribution is 2.14. The van der Waals surface area contributed by atoms with Crippen LogP contribution < -0.4 is 10.3 Å². The van der Waals surface area contributed by atoms with Crippen molar-refractivity contribution in [1.29, 1.82) is 0 Å². The maximum absolute atomic E-state index is 11.9. The molecular weight excluding hydrogens is 194 g/mol. The molecule has 1 heterocycles. The standard InChI is InChI=1S/C8H10F2N2O2/c1-3-12-7(13)5(2)6(4-11-12)14-8(9)10/h4,8H,3H2,1-2H3. The third-order valence-electron chi connectivity index (χ3n) is 1.75. The van der Waals surface area contributed by atoms with Crippen LogP contribution in [0.3, 0.4) is 0 Å². The van der Waals surface area contributed by atoms with E-state index >= 15 is 0 Å². The zero-order valence-corrected chi connectivity index (χ0v) is 7.83. The van der Waals surface area contributed by atoms with Crippen molar-refractivity contribution in [2.75, 3.05) is 0 Å². The quantitative estimate of drug-likeness (QED) is 0.742. The molecule has 0 aliphatic heterocycles. The van der Waals surface area contributed by atoms with Gasteiger partial charge in [-0.15, -0.1) is 0 Å². The fraction of sp³-hybridized carbons (Fsp3) is 0.500. The summed E-state index contributed by atoms with van der Waals surface area (Å²) in [5, 5.41) is 3.66. The number of aryl methyl sites for hydroxylation is 1. The third kappa shape index (κ3) is 2.07. The first-order valence-corrected chi connectivity index (χ1v) is 4.07. The Bertz CT molecular complexity index is 376. The smallest absolute Gasteiger partial charge is 0.387 e. The number of halogens is 2. The molecule has 1 aromatic rings. The van der Waals surface area contributed by atoms with Crippen molar-refractivity contribution in [1.82, 2.24) is 9.78 Å². The molecule has 0 spiro atoms. The van der Waals surface area contributed by atoms with E-state index in [4.69, 9.17) is 0 Å². The van der Waals surface area contributed by atoms with Crippen LogP contribution in [-0.4, -0.2) is 16.4 Å². The predicted molar refractivity (Wildman–Crippen MR) is 45.5 cm³/mol. The summed E-state index contributed by atoms with van der Waals surface area (Å²) in [6.07, 6.45) is 1.12. The summed E-state index contributed by atoms with van der Waals surface area (Å²) in [6, 6.07) is 0. The van der Waals surface area contributed by atoms with Crippen LogP contribution in [0, 0.1) is 6.92 Å². The zero-order chi connectivity index (χ0) is 10.7. The molecule has 0 saturated heterocycles. The Morgan fingerprint density at radius 1 is 1.64 bits per heavy atom. The lowest BCUT2D eigenvalue weighted by atomic mass is 10.3. The highest BCUT2D eigenvalue weighted by Gasteiger charge is 2.11. The van der Waals surface area contributed by atoms with Crippen molar-refractivity contribution in [3.63, 3.8) is 0 Å². The van der Waals surface area contributed by atoms with Crippen LogP contribution >= 0.6 is 0 Å². The van der Waals surface area contributed by atoms with Gasteiger partial charge in [0.05, 0.1) is 11.8 Å². The Hall–Kier alpha value is -1.46. The van der Waals surface area contributed by atoms with Crippen molar-refractivity contribution >= 4 is 0 Å². The molecule has 0 radical (unpaired) electrons. The summed E-state index contributed by atoms with van der Waals surface area (Å²) in [4.78, 5) is 11.4. The van der Waals surface area contributed by atoms with E-state index in [0.29, 0.717) is 6.54 Å². The maximum atomic E-state index is 11.9. The third-order valence-corrected chi connectivity index (χ3v) is 1.75. The summed E-state index contributed by atoms with van der Waals surface area (Å²) in [7, 11) is 0. The van der Waals surface area contributed by atoms with Gasteiger partial charge in [0.25, 0.3) is 5.56 Å². The number of hydrogen-bond acceptors (Lipinski definition) is 3. The molecule has 0 unspecified atom stereocenters. The first-order valence-electron chi connectivity index (χ1n) is 4.07. The molecule has 0 aliphatic rings. The second-order valence-electron chi connectivity index (χ2n) is 2.63. The highest BCUT2D eigenvalue weighted by molar-refractivity contribution is 5.26. The molecule has 0 fully saturated rings. The molecule has 0 amide bonds. The Kier molecular flexibility index (Phi) is 3.16. The minimum absolute atomic E-state index is 0.141. The van der Waals surface area contributed by atoms with E-state index in [2.05, 4.69) is 9.84 Å². The number of hydrogen-bond donors (Lipinski definition) is 0. The largest absolute Gasteiger partial charge is 0.433 e. The highest BCUT2D eigenvalue weighted by atomic mass is 19.3. The zero-order valence-electron chi connectivity index (χ0n) is 7.83. The number of alkyl halides is 2. The molecular formula is C8H10F2N2O2. The Balaban J connectivity index is 3.11. The Morgan fingerprint density at radius 2 is 2.29 bits per heavy atom. The maximum Gasteiger partial charge on any atom is 0.387 e. The molecule has 0 saturated carbocycles.